The molecular formula is C14H11N3O2. The Morgan fingerprint density at radius 2 is 2.21 bits per heavy atom. The zero-order chi connectivity index (χ0) is 13.2. The molecule has 0 saturated heterocycles. The average molecular weight is 253 g/mol. The van der Waals surface area contributed by atoms with Crippen LogP contribution in [0.5, 0.6) is 0 Å². The molecule has 1 aromatic carbocycles. The van der Waals surface area contributed by atoms with Crippen molar-refractivity contribution in [1.82, 2.24) is 15.0 Å². The minimum atomic E-state index is -0.00495. The zero-order valence-electron chi connectivity index (χ0n) is 10.3. The number of carbonyl (C=O) groups excluding carboxylic acids is 1. The molecule has 2 aromatic heterocycles. The molecule has 0 bridgehead atoms. The highest BCUT2D eigenvalue weighted by molar-refractivity contribution is 5.99. The van der Waals surface area contributed by atoms with Gasteiger partial charge in [0.1, 0.15) is 11.8 Å². The molecule has 94 valence electrons. The maximum absolute atomic E-state index is 12.1. The molecule has 2 heterocycles. The summed E-state index contributed by atoms with van der Waals surface area (Å²) in [6.45, 7) is 1.78. The molecule has 0 atom stereocenters. The lowest BCUT2D eigenvalue weighted by atomic mass is 10.1. The second-order valence-electron chi connectivity index (χ2n) is 4.22. The van der Waals surface area contributed by atoms with E-state index in [1.165, 1.54) is 6.33 Å². The second-order valence-corrected chi connectivity index (χ2v) is 4.22. The quantitative estimate of drug-likeness (QED) is 0.670. The number of aromatic nitrogens is 3. The lowest BCUT2D eigenvalue weighted by molar-refractivity contribution is 0.0992. The molecule has 0 unspecified atom stereocenters. The van der Waals surface area contributed by atoms with Crippen molar-refractivity contribution in [3.8, 4) is 0 Å². The fourth-order valence-electron chi connectivity index (χ4n) is 1.90. The molecule has 0 N–H and O–H groups in total. The van der Waals surface area contributed by atoms with Crippen LogP contribution >= 0.6 is 0 Å². The molecule has 0 aliphatic carbocycles. The van der Waals surface area contributed by atoms with E-state index in [-0.39, 0.29) is 12.2 Å². The Balaban J connectivity index is 1.89. The van der Waals surface area contributed by atoms with Gasteiger partial charge in [-0.15, -0.1) is 0 Å². The molecule has 0 aliphatic heterocycles. The monoisotopic (exact) mass is 253 g/mol. The Kier molecular flexibility index (Phi) is 2.79. The molecule has 3 rings (SSSR count). The minimum absolute atomic E-state index is 0.00495. The number of carbonyl (C=O) groups is 1. The van der Waals surface area contributed by atoms with Gasteiger partial charge < -0.3 is 4.42 Å². The van der Waals surface area contributed by atoms with Crippen molar-refractivity contribution < 1.29 is 9.21 Å². The highest BCUT2D eigenvalue weighted by Crippen LogP contribution is 2.17. The van der Waals surface area contributed by atoms with Gasteiger partial charge in [0.05, 0.1) is 12.1 Å². The van der Waals surface area contributed by atoms with E-state index in [0.29, 0.717) is 22.7 Å². The molecule has 5 heteroatoms. The van der Waals surface area contributed by atoms with Crippen molar-refractivity contribution in [2.24, 2.45) is 0 Å². The first-order valence-corrected chi connectivity index (χ1v) is 5.87. The summed E-state index contributed by atoms with van der Waals surface area (Å²) in [7, 11) is 0. The maximum atomic E-state index is 12.1. The van der Waals surface area contributed by atoms with Crippen LogP contribution in [0, 0.1) is 6.92 Å². The van der Waals surface area contributed by atoms with Crippen LogP contribution in [-0.2, 0) is 6.42 Å². The van der Waals surface area contributed by atoms with Gasteiger partial charge in [0.25, 0.3) is 0 Å². The van der Waals surface area contributed by atoms with Gasteiger partial charge in [0.15, 0.2) is 17.3 Å². The molecule has 3 aromatic rings. The van der Waals surface area contributed by atoms with Crippen molar-refractivity contribution >= 4 is 16.9 Å². The molecular weight excluding hydrogens is 242 g/mol. The van der Waals surface area contributed by atoms with Crippen LogP contribution in [-0.4, -0.2) is 20.7 Å². The van der Waals surface area contributed by atoms with Crippen molar-refractivity contribution in [3.05, 3.63) is 53.9 Å². The van der Waals surface area contributed by atoms with Gasteiger partial charge in [-0.3, -0.25) is 4.79 Å². The van der Waals surface area contributed by atoms with Gasteiger partial charge >= 0.3 is 0 Å². The van der Waals surface area contributed by atoms with Crippen molar-refractivity contribution in [2.75, 3.05) is 0 Å². The summed E-state index contributed by atoms with van der Waals surface area (Å²) in [4.78, 5) is 24.2. The summed E-state index contributed by atoms with van der Waals surface area (Å²) in [5.74, 6) is 0.588. The Bertz CT molecular complexity index is 735. The van der Waals surface area contributed by atoms with Crippen molar-refractivity contribution in [2.45, 2.75) is 13.3 Å². The molecule has 0 saturated carbocycles. The average Bonchev–Trinajstić information content (AvgIpc) is 2.78. The Morgan fingerprint density at radius 1 is 1.32 bits per heavy atom. The summed E-state index contributed by atoms with van der Waals surface area (Å²) in [5.41, 5.74) is 2.69. The first kappa shape index (κ1) is 11.5. The topological polar surface area (TPSA) is 68.9 Å². The predicted octanol–water partition coefficient (Wildman–Crippen LogP) is 2.35. The van der Waals surface area contributed by atoms with E-state index in [1.807, 2.05) is 0 Å². The summed E-state index contributed by atoms with van der Waals surface area (Å²) < 4.78 is 5.42. The van der Waals surface area contributed by atoms with Gasteiger partial charge in [0, 0.05) is 18.7 Å². The molecule has 0 radical (unpaired) electrons. The number of ketones is 1. The number of nitrogens with zero attached hydrogens (tertiary/aromatic N) is 3. The number of oxazole rings is 1. The van der Waals surface area contributed by atoms with Gasteiger partial charge in [-0.2, -0.15) is 0 Å². The number of fused-ring (bicyclic) bond motifs is 1. The van der Waals surface area contributed by atoms with E-state index in [1.54, 1.807) is 37.4 Å². The number of rotatable bonds is 3. The van der Waals surface area contributed by atoms with E-state index in [9.17, 15) is 4.79 Å². The minimum Gasteiger partial charge on any atom is -0.441 e. The van der Waals surface area contributed by atoms with E-state index in [2.05, 4.69) is 15.0 Å². The van der Waals surface area contributed by atoms with Gasteiger partial charge in [-0.1, -0.05) is 0 Å². The first-order valence-electron chi connectivity index (χ1n) is 5.87. The first-order chi connectivity index (χ1) is 9.22. The van der Waals surface area contributed by atoms with Gasteiger partial charge in [0.2, 0.25) is 0 Å². The molecule has 0 amide bonds. The van der Waals surface area contributed by atoms with Crippen LogP contribution in [0.1, 0.15) is 21.9 Å². The lowest BCUT2D eigenvalue weighted by Crippen LogP contribution is -2.04. The molecule has 5 nitrogen and oxygen atoms in total. The van der Waals surface area contributed by atoms with E-state index >= 15 is 0 Å². The highest BCUT2D eigenvalue weighted by Gasteiger charge is 2.10. The van der Waals surface area contributed by atoms with Crippen LogP contribution < -0.4 is 0 Å². The van der Waals surface area contributed by atoms with E-state index < -0.39 is 0 Å². The molecule has 0 fully saturated rings. The van der Waals surface area contributed by atoms with Crippen LogP contribution in [0.3, 0.4) is 0 Å². The molecule has 19 heavy (non-hydrogen) atoms. The van der Waals surface area contributed by atoms with Crippen LogP contribution in [0.4, 0.5) is 0 Å². The summed E-state index contributed by atoms with van der Waals surface area (Å²) >= 11 is 0. The number of aryl methyl sites for hydroxylation is 1. The fraction of sp³-hybridized carbons (Fsp3) is 0.143. The zero-order valence-corrected chi connectivity index (χ0v) is 10.3. The number of hydrogen-bond donors (Lipinski definition) is 0. The third-order valence-corrected chi connectivity index (χ3v) is 2.80. The SMILES string of the molecule is Cc1nc2ccc(C(=O)Cc3ccncn3)cc2o1. The Morgan fingerprint density at radius 3 is 3.00 bits per heavy atom. The smallest absolute Gasteiger partial charge is 0.192 e. The van der Waals surface area contributed by atoms with Crippen LogP contribution in [0.25, 0.3) is 11.1 Å². The standard InChI is InChI=1S/C14H11N3O2/c1-9-17-12-3-2-10(6-14(12)19-9)13(18)7-11-4-5-15-8-16-11/h2-6,8H,7H2,1H3. The predicted molar refractivity (Wildman–Crippen MR) is 68.8 cm³/mol. The molecule has 0 aliphatic rings. The third-order valence-electron chi connectivity index (χ3n) is 2.80. The van der Waals surface area contributed by atoms with Crippen LogP contribution in [0.2, 0.25) is 0 Å². The highest BCUT2D eigenvalue weighted by atomic mass is 16.3. The second kappa shape index (κ2) is 4.61. The number of Topliss-reactive ketones (excluding diaryl/α,β-unsaturated/α-hetero) is 1. The Hall–Kier alpha value is -2.56. The van der Waals surface area contributed by atoms with Crippen molar-refractivity contribution in [1.29, 1.82) is 0 Å². The number of hydrogen-bond acceptors (Lipinski definition) is 5. The maximum Gasteiger partial charge on any atom is 0.192 e. The summed E-state index contributed by atoms with van der Waals surface area (Å²) in [6, 6.07) is 7.00. The van der Waals surface area contributed by atoms with E-state index in [4.69, 9.17) is 4.42 Å². The normalized spacial score (nSPS) is 10.8. The van der Waals surface area contributed by atoms with Crippen molar-refractivity contribution in [3.63, 3.8) is 0 Å². The van der Waals surface area contributed by atoms with Gasteiger partial charge in [-0.25, -0.2) is 15.0 Å². The van der Waals surface area contributed by atoms with Gasteiger partial charge in [-0.05, 0) is 24.3 Å². The van der Waals surface area contributed by atoms with Crippen LogP contribution in [0.15, 0.2) is 41.2 Å². The largest absolute Gasteiger partial charge is 0.441 e. The summed E-state index contributed by atoms with van der Waals surface area (Å²) in [5, 5.41) is 0. The summed E-state index contributed by atoms with van der Waals surface area (Å²) in [6.07, 6.45) is 3.31. The van der Waals surface area contributed by atoms with E-state index in [0.717, 1.165) is 5.52 Å². The Labute approximate surface area is 109 Å². The number of benzene rings is 1. The lowest BCUT2D eigenvalue weighted by Gasteiger charge is -2.00. The third kappa shape index (κ3) is 2.35. The molecule has 0 spiro atoms. The fourth-order valence-corrected chi connectivity index (χ4v) is 1.90.